The van der Waals surface area contributed by atoms with Crippen LogP contribution in [-0.2, 0) is 20.8 Å². The first-order chi connectivity index (χ1) is 18.4. The quantitative estimate of drug-likeness (QED) is 0.365. The zero-order valence-corrected chi connectivity index (χ0v) is 21.1. The van der Waals surface area contributed by atoms with Gasteiger partial charge in [-0.3, -0.25) is 14.4 Å². The monoisotopic (exact) mass is 534 g/mol. The summed E-state index contributed by atoms with van der Waals surface area (Å²) in [6.07, 6.45) is -0.0752. The number of carbonyl (C=O) groups excluding carboxylic acids is 3. The third kappa shape index (κ3) is 3.29. The summed E-state index contributed by atoms with van der Waals surface area (Å²) < 4.78 is 10.8. The van der Waals surface area contributed by atoms with Crippen LogP contribution < -0.4 is 20.1 Å². The number of nitrogens with two attached hydrogens (primary N) is 1. The summed E-state index contributed by atoms with van der Waals surface area (Å²) in [4.78, 5) is 40.0. The summed E-state index contributed by atoms with van der Waals surface area (Å²) in [6.45, 7) is 0.0720. The Bertz CT molecular complexity index is 1570. The van der Waals surface area contributed by atoms with Crippen LogP contribution in [0.25, 0.3) is 16.9 Å². The minimum atomic E-state index is -2.61. The van der Waals surface area contributed by atoms with E-state index in [0.717, 1.165) is 0 Å². The van der Waals surface area contributed by atoms with Crippen LogP contribution >= 0.6 is 0 Å². The van der Waals surface area contributed by atoms with E-state index in [-0.39, 0.29) is 42.9 Å². The van der Waals surface area contributed by atoms with Crippen LogP contribution in [0.15, 0.2) is 41.2 Å². The van der Waals surface area contributed by atoms with E-state index in [4.69, 9.17) is 15.2 Å². The number of ether oxygens (including phenoxy) is 2. The second-order valence-electron chi connectivity index (χ2n) is 10.5. The van der Waals surface area contributed by atoms with Crippen molar-refractivity contribution in [1.82, 2.24) is 0 Å². The molecule has 4 aliphatic rings. The van der Waals surface area contributed by atoms with Crippen molar-refractivity contribution >= 4 is 28.9 Å². The van der Waals surface area contributed by atoms with Crippen LogP contribution in [0.2, 0.25) is 0 Å². The number of anilines is 1. The van der Waals surface area contributed by atoms with Gasteiger partial charge in [0.2, 0.25) is 12.6 Å². The molecule has 6 rings (SSSR count). The molecular formula is C28H26N2O9. The lowest BCUT2D eigenvalue weighted by Crippen LogP contribution is -2.58. The predicted molar refractivity (Wildman–Crippen MR) is 137 cm³/mol. The fraction of sp³-hybridized carbons (Fsp3) is 0.321. The van der Waals surface area contributed by atoms with E-state index in [1.54, 1.807) is 24.3 Å². The number of ketones is 2. The molecule has 3 atom stereocenters. The van der Waals surface area contributed by atoms with Gasteiger partial charge in [0.1, 0.15) is 22.8 Å². The van der Waals surface area contributed by atoms with Crippen molar-refractivity contribution in [3.63, 3.8) is 0 Å². The Morgan fingerprint density at radius 2 is 1.79 bits per heavy atom. The molecule has 1 unspecified atom stereocenters. The topological polar surface area (TPSA) is 180 Å². The fourth-order valence-electron chi connectivity index (χ4n) is 6.35. The Labute approximate surface area is 222 Å². The number of fused-ring (bicyclic) bond motifs is 4. The van der Waals surface area contributed by atoms with Crippen molar-refractivity contribution in [2.24, 2.45) is 17.6 Å². The number of Topliss-reactive ketones (excluding diaryl/α,β-unsaturated/α-hetero) is 2. The number of carbonyl (C=O) groups is 3. The standard InChI is InChI=1S/C28H26N2O9/c1-30(2)16-9-14(11-3-4-18-19(7-11)39-10-38-18)23(32)21-15(16)6-12-5-13-8-17(31)22(27(29)36)26(35)28(13,37)25(34)20(12)24(21)33/h3-4,7,9,12-13,32-33,35,37H,5-6,8,10H2,1-2H3,(H2,29,36)/t12-,13?,28+/m1/s1. The van der Waals surface area contributed by atoms with Crippen molar-refractivity contribution < 1.29 is 44.3 Å². The molecule has 0 spiro atoms. The van der Waals surface area contributed by atoms with Gasteiger partial charge in [-0.25, -0.2) is 0 Å². The average molecular weight is 535 g/mol. The largest absolute Gasteiger partial charge is 0.508 e. The molecular weight excluding hydrogens is 508 g/mol. The van der Waals surface area contributed by atoms with Crippen LogP contribution in [-0.4, -0.2) is 64.4 Å². The van der Waals surface area contributed by atoms with Crippen molar-refractivity contribution in [1.29, 1.82) is 0 Å². The average Bonchev–Trinajstić information content (AvgIpc) is 3.34. The van der Waals surface area contributed by atoms with Crippen LogP contribution in [0.5, 0.6) is 17.2 Å². The Morgan fingerprint density at radius 1 is 1.08 bits per heavy atom. The number of benzene rings is 2. The van der Waals surface area contributed by atoms with Crippen molar-refractivity contribution in [2.75, 3.05) is 25.8 Å². The Morgan fingerprint density at radius 3 is 2.49 bits per heavy atom. The third-order valence-electron chi connectivity index (χ3n) is 8.21. The molecule has 0 radical (unpaired) electrons. The van der Waals surface area contributed by atoms with Crippen LogP contribution in [0, 0.1) is 11.8 Å². The number of aromatic hydroxyl groups is 1. The lowest BCUT2D eigenvalue weighted by molar-refractivity contribution is -0.147. The highest BCUT2D eigenvalue weighted by Gasteiger charge is 2.60. The van der Waals surface area contributed by atoms with Gasteiger partial charge in [-0.15, -0.1) is 0 Å². The molecule has 1 heterocycles. The van der Waals surface area contributed by atoms with Gasteiger partial charge in [-0.2, -0.15) is 0 Å². The summed E-state index contributed by atoms with van der Waals surface area (Å²) in [7, 11) is 3.62. The molecule has 6 N–H and O–H groups in total. The summed E-state index contributed by atoms with van der Waals surface area (Å²) >= 11 is 0. The number of aliphatic hydroxyl groups excluding tert-OH is 2. The summed E-state index contributed by atoms with van der Waals surface area (Å²) in [6, 6.07) is 6.92. The van der Waals surface area contributed by atoms with E-state index in [2.05, 4.69) is 0 Å². The summed E-state index contributed by atoms with van der Waals surface area (Å²) in [5.41, 5.74) is 3.89. The maximum atomic E-state index is 13.8. The molecule has 1 aliphatic heterocycles. The fourth-order valence-corrected chi connectivity index (χ4v) is 6.35. The van der Waals surface area contributed by atoms with Crippen LogP contribution in [0.1, 0.15) is 24.0 Å². The van der Waals surface area contributed by atoms with Gasteiger partial charge in [0.15, 0.2) is 22.9 Å². The zero-order valence-electron chi connectivity index (χ0n) is 21.1. The summed E-state index contributed by atoms with van der Waals surface area (Å²) in [5.74, 6) is -5.54. The van der Waals surface area contributed by atoms with E-state index in [9.17, 15) is 34.8 Å². The maximum absolute atomic E-state index is 13.8. The van der Waals surface area contributed by atoms with Gasteiger partial charge in [0, 0.05) is 43.3 Å². The second kappa shape index (κ2) is 8.24. The Balaban J connectivity index is 1.56. The molecule has 11 nitrogen and oxygen atoms in total. The predicted octanol–water partition coefficient (Wildman–Crippen LogP) is 1.89. The molecule has 1 amide bonds. The van der Waals surface area contributed by atoms with E-state index in [1.165, 1.54) is 0 Å². The molecule has 11 heteroatoms. The second-order valence-corrected chi connectivity index (χ2v) is 10.5. The smallest absolute Gasteiger partial charge is 0.255 e. The first kappa shape index (κ1) is 24.8. The van der Waals surface area contributed by atoms with Crippen molar-refractivity contribution in [3.8, 4) is 28.4 Å². The number of amides is 1. The Kier molecular flexibility index (Phi) is 5.24. The molecule has 2 aromatic carbocycles. The number of rotatable bonds is 3. The number of hydrogen-bond acceptors (Lipinski definition) is 10. The van der Waals surface area contributed by atoms with E-state index >= 15 is 0 Å². The number of nitrogens with zero attached hydrogens (tertiary/aromatic N) is 1. The van der Waals surface area contributed by atoms with Crippen LogP contribution in [0.4, 0.5) is 5.69 Å². The van der Waals surface area contributed by atoms with Gasteiger partial charge in [0.25, 0.3) is 5.91 Å². The molecule has 0 aromatic heterocycles. The lowest BCUT2D eigenvalue weighted by Gasteiger charge is -2.46. The highest BCUT2D eigenvalue weighted by atomic mass is 16.7. The molecule has 3 aliphatic carbocycles. The minimum absolute atomic E-state index is 0.0287. The van der Waals surface area contributed by atoms with Gasteiger partial charge in [0.05, 0.1) is 5.56 Å². The Hall–Kier alpha value is -4.51. The number of aliphatic hydroxyl groups is 3. The van der Waals surface area contributed by atoms with Gasteiger partial charge < -0.3 is 40.5 Å². The number of hydrogen-bond donors (Lipinski definition) is 5. The van der Waals surface area contributed by atoms with Crippen molar-refractivity contribution in [3.05, 3.63) is 52.3 Å². The summed E-state index contributed by atoms with van der Waals surface area (Å²) in [5, 5.41) is 45.2. The third-order valence-corrected chi connectivity index (χ3v) is 8.21. The zero-order chi connectivity index (χ0) is 28.0. The lowest BCUT2D eigenvalue weighted by atomic mass is 9.59. The van der Waals surface area contributed by atoms with Crippen molar-refractivity contribution in [2.45, 2.75) is 24.9 Å². The van der Waals surface area contributed by atoms with E-state index in [0.29, 0.717) is 33.9 Å². The SMILES string of the molecule is CN(C)c1cc(-c2ccc3c(c2)OCO3)c(O)c2c1C[C@H]1CC3CC(=O)C(C(N)=O)=C(O)[C@@]3(O)C(=O)C1=C2O. The number of phenols is 1. The molecule has 1 fully saturated rings. The van der Waals surface area contributed by atoms with Gasteiger partial charge >= 0.3 is 0 Å². The van der Waals surface area contributed by atoms with E-state index < -0.39 is 52.0 Å². The number of primary amides is 1. The minimum Gasteiger partial charge on any atom is -0.508 e. The normalized spacial score (nSPS) is 25.3. The van der Waals surface area contributed by atoms with Gasteiger partial charge in [-0.05, 0) is 48.1 Å². The molecule has 39 heavy (non-hydrogen) atoms. The van der Waals surface area contributed by atoms with Gasteiger partial charge in [-0.1, -0.05) is 6.07 Å². The molecule has 2 aromatic rings. The molecule has 0 saturated heterocycles. The first-order valence-corrected chi connectivity index (χ1v) is 12.4. The van der Waals surface area contributed by atoms with E-state index in [1.807, 2.05) is 19.0 Å². The number of phenolic OH excluding ortho intramolecular Hbond substituents is 1. The molecule has 0 bridgehead atoms. The first-order valence-electron chi connectivity index (χ1n) is 12.4. The highest BCUT2D eigenvalue weighted by Crippen LogP contribution is 2.54. The maximum Gasteiger partial charge on any atom is 0.255 e. The molecule has 202 valence electrons. The molecule has 1 saturated carbocycles. The van der Waals surface area contributed by atoms with Crippen LogP contribution in [0.3, 0.4) is 0 Å². The highest BCUT2D eigenvalue weighted by molar-refractivity contribution is 6.22.